The number of hydrogen-bond acceptors (Lipinski definition) is 4. The predicted octanol–water partition coefficient (Wildman–Crippen LogP) is 3.45. The van der Waals surface area contributed by atoms with E-state index < -0.39 is 0 Å². The number of amides is 2. The van der Waals surface area contributed by atoms with Gasteiger partial charge in [0.2, 0.25) is 0 Å². The van der Waals surface area contributed by atoms with Crippen molar-refractivity contribution >= 4 is 23.6 Å². The molecule has 0 fully saturated rings. The van der Waals surface area contributed by atoms with E-state index in [0.717, 1.165) is 42.6 Å². The van der Waals surface area contributed by atoms with Gasteiger partial charge in [0.05, 0.1) is 19.1 Å². The summed E-state index contributed by atoms with van der Waals surface area (Å²) in [6.07, 6.45) is 5.27. The Kier molecular flexibility index (Phi) is 6.92. The Labute approximate surface area is 169 Å². The van der Waals surface area contributed by atoms with E-state index in [4.69, 9.17) is 11.6 Å². The van der Waals surface area contributed by atoms with Crippen molar-refractivity contribution in [2.75, 3.05) is 20.2 Å². The largest absolute Gasteiger partial charge is 0.469 e. The quantitative estimate of drug-likeness (QED) is 0.546. The van der Waals surface area contributed by atoms with Crippen LogP contribution in [0.2, 0.25) is 5.02 Å². The maximum absolute atomic E-state index is 12.8. The van der Waals surface area contributed by atoms with E-state index in [0.29, 0.717) is 24.5 Å². The summed E-state index contributed by atoms with van der Waals surface area (Å²) in [6.45, 7) is 1.17. The Morgan fingerprint density at radius 2 is 2.07 bits per heavy atom. The molecule has 0 bridgehead atoms. The summed E-state index contributed by atoms with van der Waals surface area (Å²) in [5.41, 5.74) is 2.92. The molecular formula is C20H25ClN4O3. The first-order chi connectivity index (χ1) is 13.6. The minimum atomic E-state index is -0.244. The van der Waals surface area contributed by atoms with Crippen molar-refractivity contribution in [3.63, 3.8) is 0 Å². The molecule has 8 heteroatoms. The van der Waals surface area contributed by atoms with Crippen LogP contribution in [0.25, 0.3) is 0 Å². The number of fused-ring (bicyclic) bond motifs is 1. The Morgan fingerprint density at radius 1 is 1.29 bits per heavy atom. The molecule has 1 aromatic heterocycles. The van der Waals surface area contributed by atoms with Crippen molar-refractivity contribution in [1.29, 1.82) is 0 Å². The first-order valence-corrected chi connectivity index (χ1v) is 9.87. The summed E-state index contributed by atoms with van der Waals surface area (Å²) in [7, 11) is 1.39. The zero-order chi connectivity index (χ0) is 19.9. The number of methoxy groups -OCH3 is 1. The molecule has 1 atom stereocenters. The van der Waals surface area contributed by atoms with Gasteiger partial charge in [-0.25, -0.2) is 9.78 Å². The van der Waals surface area contributed by atoms with Gasteiger partial charge in [0.1, 0.15) is 6.04 Å². The van der Waals surface area contributed by atoms with E-state index in [1.165, 1.54) is 7.11 Å². The number of unbranched alkanes of at least 4 members (excludes halogenated alkanes) is 2. The number of nitrogens with one attached hydrogen (secondary N) is 2. The van der Waals surface area contributed by atoms with Crippen molar-refractivity contribution in [3.05, 3.63) is 52.6 Å². The number of H-pyrrole nitrogens is 1. The number of carbonyl (C=O) groups excluding carboxylic acids is 2. The number of carbonyl (C=O) groups is 2. The van der Waals surface area contributed by atoms with E-state index in [-0.39, 0.29) is 18.0 Å². The second-order valence-corrected chi connectivity index (χ2v) is 7.22. The van der Waals surface area contributed by atoms with E-state index in [1.54, 1.807) is 6.33 Å². The van der Waals surface area contributed by atoms with Gasteiger partial charge in [0.15, 0.2) is 0 Å². The molecule has 2 amide bonds. The van der Waals surface area contributed by atoms with Gasteiger partial charge in [-0.2, -0.15) is 0 Å². The molecule has 150 valence electrons. The number of imidazole rings is 1. The molecule has 0 saturated heterocycles. The minimum absolute atomic E-state index is 0.110. The van der Waals surface area contributed by atoms with Crippen LogP contribution in [-0.4, -0.2) is 47.1 Å². The Bertz CT molecular complexity index is 806. The third kappa shape index (κ3) is 4.84. The van der Waals surface area contributed by atoms with E-state index >= 15 is 0 Å². The van der Waals surface area contributed by atoms with Gasteiger partial charge >= 0.3 is 12.0 Å². The fourth-order valence-electron chi connectivity index (χ4n) is 3.45. The van der Waals surface area contributed by atoms with Crippen LogP contribution in [0.4, 0.5) is 4.79 Å². The number of ether oxygens (including phenoxy) is 1. The van der Waals surface area contributed by atoms with Gasteiger partial charge in [0, 0.05) is 36.6 Å². The third-order valence-electron chi connectivity index (χ3n) is 4.93. The molecule has 1 aliphatic rings. The second kappa shape index (κ2) is 9.59. The summed E-state index contributed by atoms with van der Waals surface area (Å²) in [5.74, 6) is -0.196. The fourth-order valence-corrected chi connectivity index (χ4v) is 3.57. The van der Waals surface area contributed by atoms with Crippen molar-refractivity contribution < 1.29 is 14.3 Å². The van der Waals surface area contributed by atoms with Crippen LogP contribution in [-0.2, 0) is 16.0 Å². The maximum atomic E-state index is 12.8. The predicted molar refractivity (Wildman–Crippen MR) is 106 cm³/mol. The number of nitrogens with zero attached hydrogens (tertiary/aromatic N) is 2. The van der Waals surface area contributed by atoms with Crippen LogP contribution in [0.15, 0.2) is 30.6 Å². The molecule has 0 radical (unpaired) electrons. The summed E-state index contributed by atoms with van der Waals surface area (Å²) in [6, 6.07) is 7.17. The Morgan fingerprint density at radius 3 is 2.82 bits per heavy atom. The van der Waals surface area contributed by atoms with Crippen LogP contribution < -0.4 is 5.32 Å². The number of benzene rings is 1. The van der Waals surface area contributed by atoms with Gasteiger partial charge in [-0.3, -0.25) is 4.79 Å². The molecule has 28 heavy (non-hydrogen) atoms. The van der Waals surface area contributed by atoms with Crippen molar-refractivity contribution in [2.45, 2.75) is 38.1 Å². The van der Waals surface area contributed by atoms with Crippen molar-refractivity contribution in [2.24, 2.45) is 0 Å². The highest BCUT2D eigenvalue weighted by Crippen LogP contribution is 2.33. The van der Waals surface area contributed by atoms with Crippen molar-refractivity contribution in [3.8, 4) is 0 Å². The van der Waals surface area contributed by atoms with Gasteiger partial charge in [-0.15, -0.1) is 0 Å². The zero-order valence-corrected chi connectivity index (χ0v) is 16.7. The lowest BCUT2D eigenvalue weighted by molar-refractivity contribution is -0.140. The number of aromatic nitrogens is 2. The molecular weight excluding hydrogens is 380 g/mol. The van der Waals surface area contributed by atoms with Crippen molar-refractivity contribution in [1.82, 2.24) is 20.2 Å². The van der Waals surface area contributed by atoms with Crippen LogP contribution in [0, 0.1) is 0 Å². The number of rotatable bonds is 7. The van der Waals surface area contributed by atoms with E-state index in [9.17, 15) is 9.59 Å². The molecule has 1 aromatic carbocycles. The minimum Gasteiger partial charge on any atom is -0.469 e. The van der Waals surface area contributed by atoms with Crippen LogP contribution in [0.3, 0.4) is 0 Å². The highest BCUT2D eigenvalue weighted by Gasteiger charge is 2.33. The molecule has 7 nitrogen and oxygen atoms in total. The molecule has 2 heterocycles. The molecule has 3 rings (SSSR count). The average Bonchev–Trinajstić information content (AvgIpc) is 3.19. The molecule has 0 unspecified atom stereocenters. The van der Waals surface area contributed by atoms with E-state index in [1.807, 2.05) is 29.2 Å². The van der Waals surface area contributed by atoms with Crippen LogP contribution in [0.5, 0.6) is 0 Å². The number of halogens is 1. The molecule has 2 aromatic rings. The van der Waals surface area contributed by atoms with E-state index in [2.05, 4.69) is 20.0 Å². The lowest BCUT2D eigenvalue weighted by atomic mass is 9.96. The second-order valence-electron chi connectivity index (χ2n) is 6.78. The fraction of sp³-hybridized carbons (Fsp3) is 0.450. The number of aromatic amines is 1. The number of esters is 1. The lowest BCUT2D eigenvalue weighted by Gasteiger charge is -2.35. The summed E-state index contributed by atoms with van der Waals surface area (Å²) >= 11 is 6.02. The van der Waals surface area contributed by atoms with Gasteiger partial charge in [-0.1, -0.05) is 30.2 Å². The topological polar surface area (TPSA) is 87.3 Å². The monoisotopic (exact) mass is 404 g/mol. The summed E-state index contributed by atoms with van der Waals surface area (Å²) in [5, 5.41) is 3.65. The number of hydrogen-bond donors (Lipinski definition) is 2. The molecule has 0 aliphatic carbocycles. The number of urea groups is 1. The van der Waals surface area contributed by atoms with Gasteiger partial charge in [0.25, 0.3) is 0 Å². The highest BCUT2D eigenvalue weighted by molar-refractivity contribution is 6.30. The third-order valence-corrected chi connectivity index (χ3v) is 5.19. The molecule has 2 N–H and O–H groups in total. The maximum Gasteiger partial charge on any atom is 0.318 e. The Balaban J connectivity index is 1.60. The van der Waals surface area contributed by atoms with Crippen LogP contribution >= 0.6 is 11.6 Å². The first kappa shape index (κ1) is 20.2. The molecule has 0 saturated carbocycles. The zero-order valence-electron chi connectivity index (χ0n) is 15.9. The SMILES string of the molecule is COC(=O)CCCCCNC(=O)N1CCc2[nH]cnc2[C@@H]1c1ccc(Cl)cc1. The molecule has 0 spiro atoms. The Hall–Kier alpha value is -2.54. The average molecular weight is 405 g/mol. The normalized spacial score (nSPS) is 15.8. The summed E-state index contributed by atoms with van der Waals surface area (Å²) in [4.78, 5) is 33.4. The van der Waals surface area contributed by atoms with Gasteiger partial charge in [-0.05, 0) is 30.5 Å². The summed E-state index contributed by atoms with van der Waals surface area (Å²) < 4.78 is 4.63. The lowest BCUT2D eigenvalue weighted by Crippen LogP contribution is -2.46. The van der Waals surface area contributed by atoms with Crippen LogP contribution in [0.1, 0.15) is 48.7 Å². The molecule has 1 aliphatic heterocycles. The smallest absolute Gasteiger partial charge is 0.318 e. The highest BCUT2D eigenvalue weighted by atomic mass is 35.5. The standard InChI is InChI=1S/C20H25ClN4O3/c1-28-17(26)5-3-2-4-11-22-20(27)25-12-10-16-18(24-13-23-16)19(25)14-6-8-15(21)9-7-14/h6-9,13,19H,2-5,10-12H2,1H3,(H,22,27)(H,23,24)/t19-/m0/s1. The van der Waals surface area contributed by atoms with Gasteiger partial charge < -0.3 is 19.9 Å². The first-order valence-electron chi connectivity index (χ1n) is 9.49.